The molecule has 7 N–H and O–H groups in total. The van der Waals surface area contributed by atoms with Crippen LogP contribution in [-0.4, -0.2) is 81.2 Å². The minimum absolute atomic E-state index is 0.0281. The Kier molecular flexibility index (Phi) is 32.0. The van der Waals surface area contributed by atoms with E-state index in [1.165, 1.54) is 54.6 Å². The standard InChI is InChI=1S/C15H11ClN2O4.C14H8ClN3O3.C14H10ClN3O.C14H11N3O.C8H8ClNO.C7H4ClNO3.Cl3OP/c16-12-5-1-3-10(7-12)14(19)9-17-15(20)11-4-2-6-13(8-11)18(21)22;15-11-5-1-3-9(7-11)13-16-17-14(21-13)10-4-2-6-12(8-10)18(19)20;15-11-5-1-3-9(7-11)13-17-18-14(19-13)10-4-2-6-12(16)8-10;15-12-8-4-7-11(9-12)14-17-16-13(18-14)10-5-2-1-3-6-10;9-7-3-1-2-6(4-7)8(11)5-10;8-7(10)5-2-1-3-6(4-5)9(11)12;1-5(2,3)4/h1-8H,9H2,(H,17,20);1-8H;1-8H,16H2;1-9H,15H2;1-4H,5,10H2;1-4H;. The largest absolute Gasteiger partial charge is 0.416 e. The number of anilines is 2. The Morgan fingerprint density at radius 2 is 0.676 bits per heavy atom. The number of Topliss-reactive ketones (excluding diaryl/α,β-unsaturated/α-hetero) is 2. The second-order valence-corrected chi connectivity index (χ2v) is 30.0. The van der Waals surface area contributed by atoms with Crippen LogP contribution in [0.1, 0.15) is 41.4 Å². The number of nitrogens with zero attached hydrogens (tertiary/aromatic N) is 9. The van der Waals surface area contributed by atoms with Crippen molar-refractivity contribution in [1.29, 1.82) is 0 Å². The van der Waals surface area contributed by atoms with Crippen molar-refractivity contribution in [2.24, 2.45) is 5.73 Å². The van der Waals surface area contributed by atoms with Gasteiger partial charge in [-0.1, -0.05) is 131 Å². The van der Waals surface area contributed by atoms with E-state index in [0.717, 1.165) is 34.4 Å². The summed E-state index contributed by atoms with van der Waals surface area (Å²) in [4.78, 5) is 75.4. The molecule has 10 aromatic carbocycles. The van der Waals surface area contributed by atoms with Gasteiger partial charge in [-0.2, -0.15) is 0 Å². The summed E-state index contributed by atoms with van der Waals surface area (Å²) in [6, 6.07) is 68.3. The van der Waals surface area contributed by atoms with E-state index in [1.54, 1.807) is 103 Å². The summed E-state index contributed by atoms with van der Waals surface area (Å²) < 4.78 is 26.3. The minimum atomic E-state index is -3.22. The summed E-state index contributed by atoms with van der Waals surface area (Å²) in [6.45, 7) is -0.192. The van der Waals surface area contributed by atoms with Crippen molar-refractivity contribution in [1.82, 2.24) is 35.9 Å². The summed E-state index contributed by atoms with van der Waals surface area (Å²) in [7, 11) is 0. The monoisotopic (exact) mass is 1630 g/mol. The SMILES string of the molecule is NCC(=O)c1cccc(Cl)c1.Nc1cccc(-c2nnc(-c3cccc(Cl)c3)o2)c1.Nc1cccc(-c2nnc(-c3ccccc3)o2)c1.O=C(CNC(=O)c1cccc([N+](=O)[O-])c1)c1cccc(Cl)c1.O=C(Cl)c1cccc([N+](=O)[O-])c1.O=P(Cl)(Cl)Cl.O=[N+]([O-])c1cccc(-c2nnc(-c3cccc(Cl)c3)o2)c1. The number of hydrogen-bond acceptors (Lipinski definition) is 23. The zero-order chi connectivity index (χ0) is 78.5. The molecule has 0 aliphatic heterocycles. The molecule has 13 aromatic rings. The number of nitro benzene ring substituents is 3. The highest BCUT2D eigenvalue weighted by molar-refractivity contribution is 8.24. The quantitative estimate of drug-likeness (QED) is 0.0174. The maximum atomic E-state index is 11.9. The Morgan fingerprint density at radius 3 is 1.05 bits per heavy atom. The molecule has 0 aliphatic rings. The lowest BCUT2D eigenvalue weighted by Gasteiger charge is -2.05. The van der Waals surface area contributed by atoms with Crippen molar-refractivity contribution >= 4 is 148 Å². The van der Waals surface area contributed by atoms with Crippen molar-refractivity contribution in [3.05, 3.63) is 321 Å². The van der Waals surface area contributed by atoms with Crippen LogP contribution in [0.25, 0.3) is 68.7 Å². The number of nitrogens with two attached hydrogens (primary N) is 3. The molecule has 27 nitrogen and oxygen atoms in total. The molecule has 1 amide bonds. The van der Waals surface area contributed by atoms with Gasteiger partial charge in [0, 0.05) is 123 Å². The lowest BCUT2D eigenvalue weighted by Crippen LogP contribution is -2.29. The summed E-state index contributed by atoms with van der Waals surface area (Å²) in [5.74, 6) is 1.41. The molecule has 0 bridgehead atoms. The number of hydrogen-bond donors (Lipinski definition) is 4. The van der Waals surface area contributed by atoms with E-state index in [-0.39, 0.29) is 58.7 Å². The maximum absolute atomic E-state index is 11.9. The Bertz CT molecular complexity index is 5270. The molecule has 36 heteroatoms. The molecular weight excluding hydrogens is 1590 g/mol. The number of benzene rings is 10. The fraction of sp³-hybridized carbons (Fsp3) is 0.0278. The van der Waals surface area contributed by atoms with Crippen LogP contribution >= 0.6 is 96.9 Å². The minimum Gasteiger partial charge on any atom is -0.416 e. The Morgan fingerprint density at radius 1 is 0.380 bits per heavy atom. The van der Waals surface area contributed by atoms with Gasteiger partial charge in [0.1, 0.15) is 0 Å². The van der Waals surface area contributed by atoms with Crippen molar-refractivity contribution in [2.45, 2.75) is 0 Å². The van der Waals surface area contributed by atoms with Gasteiger partial charge in [0.05, 0.1) is 27.9 Å². The van der Waals surface area contributed by atoms with E-state index in [9.17, 15) is 54.1 Å². The molecule has 0 radical (unpaired) electrons. The Labute approximate surface area is 651 Å². The van der Waals surface area contributed by atoms with E-state index in [0.29, 0.717) is 83.2 Å². The van der Waals surface area contributed by atoms with E-state index in [4.69, 9.17) is 88.5 Å². The molecule has 550 valence electrons. The van der Waals surface area contributed by atoms with Gasteiger partial charge in [0.2, 0.25) is 35.3 Å². The van der Waals surface area contributed by atoms with Gasteiger partial charge in [-0.05, 0) is 173 Å². The number of rotatable bonds is 16. The van der Waals surface area contributed by atoms with Crippen LogP contribution in [0.2, 0.25) is 20.1 Å². The average Bonchev–Trinajstić information content (AvgIpc) is 1.68. The van der Waals surface area contributed by atoms with Crippen molar-refractivity contribution in [2.75, 3.05) is 24.6 Å². The fourth-order valence-electron chi connectivity index (χ4n) is 8.60. The van der Waals surface area contributed by atoms with E-state index in [2.05, 4.69) is 69.6 Å². The zero-order valence-corrected chi connectivity index (χ0v) is 62.0. The highest BCUT2D eigenvalue weighted by Crippen LogP contribution is 2.61. The first kappa shape index (κ1) is 83.7. The average molecular weight is 1640 g/mol. The lowest BCUT2D eigenvalue weighted by atomic mass is 10.1. The van der Waals surface area contributed by atoms with Crippen LogP contribution in [0.3, 0.4) is 0 Å². The summed E-state index contributed by atoms with van der Waals surface area (Å²) in [5.41, 5.74) is 23.3. The van der Waals surface area contributed by atoms with E-state index < -0.39 is 31.1 Å². The molecule has 13 rings (SSSR count). The van der Waals surface area contributed by atoms with Gasteiger partial charge >= 0.3 is 5.20 Å². The first-order chi connectivity index (χ1) is 51.5. The van der Waals surface area contributed by atoms with Crippen LogP contribution < -0.4 is 22.5 Å². The van der Waals surface area contributed by atoms with Gasteiger partial charge in [-0.25, -0.2) is 0 Å². The molecule has 0 aliphatic carbocycles. The van der Waals surface area contributed by atoms with Crippen LogP contribution in [0.15, 0.2) is 262 Å². The number of nitro groups is 3. The van der Waals surface area contributed by atoms with Gasteiger partial charge in [0.25, 0.3) is 28.2 Å². The van der Waals surface area contributed by atoms with E-state index >= 15 is 0 Å². The van der Waals surface area contributed by atoms with Gasteiger partial charge in [-0.3, -0.25) is 54.1 Å². The second-order valence-electron chi connectivity index (χ2n) is 21.2. The predicted molar refractivity (Wildman–Crippen MR) is 416 cm³/mol. The first-order valence-corrected chi connectivity index (χ1v) is 36.8. The molecule has 0 spiro atoms. The number of nitrogens with one attached hydrogen (secondary N) is 1. The number of amides is 1. The molecule has 0 fully saturated rings. The molecule has 0 saturated carbocycles. The highest BCUT2D eigenvalue weighted by atomic mass is 36.0. The fourth-order valence-corrected chi connectivity index (χ4v) is 9.48. The van der Waals surface area contributed by atoms with Gasteiger partial charge in [0.15, 0.2) is 11.6 Å². The number of carbonyl (C=O) groups excluding carboxylic acids is 4. The topological polar surface area (TPSA) is 422 Å². The third kappa shape index (κ3) is 27.7. The molecular formula is C72H52Cl8N13O14P. The summed E-state index contributed by atoms with van der Waals surface area (Å²) in [5, 5.41) is 56.3. The van der Waals surface area contributed by atoms with E-state index in [1.807, 2.05) is 78.9 Å². The third-order valence-electron chi connectivity index (χ3n) is 13.5. The lowest BCUT2D eigenvalue weighted by molar-refractivity contribution is -0.385. The van der Waals surface area contributed by atoms with Crippen LogP contribution in [0.5, 0.6) is 0 Å². The molecule has 0 saturated heterocycles. The molecule has 3 aromatic heterocycles. The molecule has 108 heavy (non-hydrogen) atoms. The van der Waals surface area contributed by atoms with Gasteiger partial charge in [-0.15, -0.1) is 30.6 Å². The molecule has 0 atom stereocenters. The normalized spacial score (nSPS) is 10.3. The number of carbonyl (C=O) groups is 4. The number of non-ortho nitro benzene ring substituents is 3. The van der Waals surface area contributed by atoms with Crippen molar-refractivity contribution in [3.8, 4) is 68.7 Å². The van der Waals surface area contributed by atoms with Crippen molar-refractivity contribution in [3.63, 3.8) is 0 Å². The molecule has 3 heterocycles. The number of aromatic nitrogens is 6. The Balaban J connectivity index is 0.000000181. The number of ketones is 2. The first-order valence-electron chi connectivity index (χ1n) is 30.5. The smallest absolute Gasteiger partial charge is 0.339 e. The van der Waals surface area contributed by atoms with Gasteiger partial charge < -0.3 is 35.8 Å². The third-order valence-corrected chi connectivity index (χ3v) is 14.7. The van der Waals surface area contributed by atoms with Crippen LogP contribution in [0.4, 0.5) is 28.4 Å². The predicted octanol–water partition coefficient (Wildman–Crippen LogP) is 19.7. The summed E-state index contributed by atoms with van der Waals surface area (Å²) >= 11 is 42.3. The van der Waals surface area contributed by atoms with Crippen LogP contribution in [0, 0.1) is 30.3 Å². The zero-order valence-electron chi connectivity index (χ0n) is 55.0. The summed E-state index contributed by atoms with van der Waals surface area (Å²) in [6.07, 6.45) is 0. The molecule has 0 unspecified atom stereocenters. The van der Waals surface area contributed by atoms with Crippen molar-refractivity contribution < 1.29 is 51.8 Å². The highest BCUT2D eigenvalue weighted by Gasteiger charge is 2.18. The maximum Gasteiger partial charge on any atom is 0.339 e. The second kappa shape index (κ2) is 41.3. The number of nitrogen functional groups attached to an aromatic ring is 2. The van der Waals surface area contributed by atoms with Crippen LogP contribution in [-0.2, 0) is 4.57 Å². The Hall–Kier alpha value is -11.6. The number of halogens is 8.